The standard InChI is InChI=1S/C17H15F3N2O3S/c18-11-4-5-12(19)15(20)14(11)16(26(24,25)8-9-1-2-9)10-3-6-13(17(21)23)22-7-10/h3-7,9,16H,1-2,8H2,(H2,21,23). The molecule has 0 spiro atoms. The minimum Gasteiger partial charge on any atom is -0.364 e. The molecule has 1 aromatic heterocycles. The molecule has 138 valence electrons. The van der Waals surface area contributed by atoms with Crippen molar-refractivity contribution < 1.29 is 26.4 Å². The van der Waals surface area contributed by atoms with E-state index in [1.54, 1.807) is 0 Å². The van der Waals surface area contributed by atoms with Gasteiger partial charge in [0.05, 0.1) is 5.75 Å². The molecule has 1 saturated carbocycles. The molecule has 1 aliphatic carbocycles. The molecule has 1 heterocycles. The third-order valence-electron chi connectivity index (χ3n) is 4.21. The maximum atomic E-state index is 14.3. The third kappa shape index (κ3) is 3.57. The van der Waals surface area contributed by atoms with Crippen LogP contribution in [0.4, 0.5) is 13.2 Å². The Labute approximate surface area is 148 Å². The lowest BCUT2D eigenvalue weighted by Gasteiger charge is -2.20. The van der Waals surface area contributed by atoms with E-state index in [1.165, 1.54) is 6.07 Å². The number of nitrogens with two attached hydrogens (primary N) is 1. The summed E-state index contributed by atoms with van der Waals surface area (Å²) in [5, 5.41) is -1.77. The SMILES string of the molecule is NC(=O)c1ccc(C(c2c(F)ccc(F)c2F)S(=O)(=O)CC2CC2)cn1. The number of benzene rings is 1. The fourth-order valence-electron chi connectivity index (χ4n) is 2.75. The first kappa shape index (κ1) is 18.4. The smallest absolute Gasteiger partial charge is 0.267 e. The summed E-state index contributed by atoms with van der Waals surface area (Å²) in [6, 6.07) is 3.63. The zero-order valence-electron chi connectivity index (χ0n) is 13.5. The second-order valence-electron chi connectivity index (χ2n) is 6.25. The molecule has 5 nitrogen and oxygen atoms in total. The monoisotopic (exact) mass is 384 g/mol. The van der Waals surface area contributed by atoms with Crippen molar-refractivity contribution in [3.05, 3.63) is 64.7 Å². The number of amides is 1. The fourth-order valence-corrected chi connectivity index (χ4v) is 5.06. The number of pyridine rings is 1. The number of primary amides is 1. The highest BCUT2D eigenvalue weighted by molar-refractivity contribution is 7.91. The van der Waals surface area contributed by atoms with Crippen LogP contribution in [0.25, 0.3) is 0 Å². The molecule has 1 atom stereocenters. The Morgan fingerprint density at radius 1 is 1.15 bits per heavy atom. The summed E-state index contributed by atoms with van der Waals surface area (Å²) >= 11 is 0. The van der Waals surface area contributed by atoms with Gasteiger partial charge in [-0.1, -0.05) is 6.07 Å². The van der Waals surface area contributed by atoms with Gasteiger partial charge in [0.2, 0.25) is 0 Å². The summed E-state index contributed by atoms with van der Waals surface area (Å²) in [5.74, 6) is -5.28. The van der Waals surface area contributed by atoms with Crippen LogP contribution in [0.5, 0.6) is 0 Å². The quantitative estimate of drug-likeness (QED) is 0.775. The van der Waals surface area contributed by atoms with Crippen LogP contribution in [-0.2, 0) is 9.84 Å². The summed E-state index contributed by atoms with van der Waals surface area (Å²) in [6.07, 6.45) is 2.43. The first-order valence-electron chi connectivity index (χ1n) is 7.81. The second-order valence-corrected chi connectivity index (χ2v) is 8.38. The van der Waals surface area contributed by atoms with Gasteiger partial charge in [0.15, 0.2) is 21.5 Å². The van der Waals surface area contributed by atoms with Crippen LogP contribution in [0.1, 0.15) is 39.7 Å². The maximum absolute atomic E-state index is 14.3. The number of rotatable bonds is 6. The Kier molecular flexibility index (Phi) is 4.74. The lowest BCUT2D eigenvalue weighted by atomic mass is 10.0. The topological polar surface area (TPSA) is 90.1 Å². The van der Waals surface area contributed by atoms with Gasteiger partial charge in [0.25, 0.3) is 5.91 Å². The molecular formula is C17H15F3N2O3S. The predicted molar refractivity (Wildman–Crippen MR) is 87.4 cm³/mol. The fraction of sp³-hybridized carbons (Fsp3) is 0.294. The summed E-state index contributed by atoms with van der Waals surface area (Å²) in [5.41, 5.74) is 4.00. The highest BCUT2D eigenvalue weighted by atomic mass is 32.2. The summed E-state index contributed by atoms with van der Waals surface area (Å²) in [7, 11) is -4.06. The van der Waals surface area contributed by atoms with Gasteiger partial charge in [-0.2, -0.15) is 0 Å². The van der Waals surface area contributed by atoms with Crippen molar-refractivity contribution >= 4 is 15.7 Å². The zero-order valence-corrected chi connectivity index (χ0v) is 14.3. The second kappa shape index (κ2) is 6.71. The number of nitrogens with zero attached hydrogens (tertiary/aromatic N) is 1. The van der Waals surface area contributed by atoms with Gasteiger partial charge in [0, 0.05) is 11.8 Å². The third-order valence-corrected chi connectivity index (χ3v) is 6.37. The molecule has 2 N–H and O–H groups in total. The molecule has 0 saturated heterocycles. The average molecular weight is 384 g/mol. The normalized spacial score (nSPS) is 15.7. The molecular weight excluding hydrogens is 369 g/mol. The molecule has 1 amide bonds. The van der Waals surface area contributed by atoms with E-state index in [0.29, 0.717) is 25.0 Å². The van der Waals surface area contributed by atoms with E-state index in [4.69, 9.17) is 5.73 Å². The molecule has 2 aromatic rings. The van der Waals surface area contributed by atoms with E-state index in [9.17, 15) is 26.4 Å². The molecule has 1 aromatic carbocycles. The number of sulfone groups is 1. The Morgan fingerprint density at radius 2 is 1.81 bits per heavy atom. The number of hydrogen-bond acceptors (Lipinski definition) is 4. The van der Waals surface area contributed by atoms with Crippen LogP contribution in [0.3, 0.4) is 0 Å². The van der Waals surface area contributed by atoms with Crippen LogP contribution in [0.15, 0.2) is 30.5 Å². The van der Waals surface area contributed by atoms with Gasteiger partial charge < -0.3 is 5.73 Å². The largest absolute Gasteiger partial charge is 0.364 e. The van der Waals surface area contributed by atoms with Crippen molar-refractivity contribution in [2.24, 2.45) is 11.7 Å². The van der Waals surface area contributed by atoms with Crippen LogP contribution >= 0.6 is 0 Å². The molecule has 0 radical (unpaired) electrons. The predicted octanol–water partition coefficient (Wildman–Crippen LogP) is 2.51. The van der Waals surface area contributed by atoms with E-state index in [2.05, 4.69) is 4.98 Å². The number of carbonyl (C=O) groups is 1. The summed E-state index contributed by atoms with van der Waals surface area (Å²) < 4.78 is 67.9. The zero-order chi connectivity index (χ0) is 19.1. The Bertz CT molecular complexity index is 958. The molecule has 1 aliphatic rings. The average Bonchev–Trinajstić information content (AvgIpc) is 3.38. The molecule has 1 unspecified atom stereocenters. The van der Waals surface area contributed by atoms with Crippen molar-refractivity contribution in [1.29, 1.82) is 0 Å². The minimum atomic E-state index is -4.06. The molecule has 1 fully saturated rings. The van der Waals surface area contributed by atoms with Gasteiger partial charge >= 0.3 is 0 Å². The minimum absolute atomic E-state index is 0.0703. The number of halogens is 3. The molecule has 9 heteroatoms. The first-order chi connectivity index (χ1) is 12.2. The van der Waals surface area contributed by atoms with Crippen LogP contribution in [0, 0.1) is 23.4 Å². The molecule has 26 heavy (non-hydrogen) atoms. The number of hydrogen-bond donors (Lipinski definition) is 1. The van der Waals surface area contributed by atoms with Gasteiger partial charge in [-0.05, 0) is 42.5 Å². The lowest BCUT2D eigenvalue weighted by Crippen LogP contribution is -2.22. The van der Waals surface area contributed by atoms with E-state index in [0.717, 1.165) is 12.3 Å². The van der Waals surface area contributed by atoms with E-state index < -0.39 is 44.0 Å². The van der Waals surface area contributed by atoms with Crippen LogP contribution < -0.4 is 5.73 Å². The molecule has 3 rings (SSSR count). The van der Waals surface area contributed by atoms with Crippen molar-refractivity contribution in [3.8, 4) is 0 Å². The van der Waals surface area contributed by atoms with Crippen LogP contribution in [-0.4, -0.2) is 25.1 Å². The van der Waals surface area contributed by atoms with Gasteiger partial charge in [-0.25, -0.2) is 21.6 Å². The van der Waals surface area contributed by atoms with Crippen molar-refractivity contribution in [2.75, 3.05) is 5.75 Å². The van der Waals surface area contributed by atoms with E-state index in [-0.39, 0.29) is 22.9 Å². The van der Waals surface area contributed by atoms with E-state index in [1.807, 2.05) is 0 Å². The van der Waals surface area contributed by atoms with Crippen molar-refractivity contribution in [1.82, 2.24) is 4.98 Å². The van der Waals surface area contributed by atoms with E-state index >= 15 is 0 Å². The Balaban J connectivity index is 2.17. The van der Waals surface area contributed by atoms with Crippen molar-refractivity contribution in [3.63, 3.8) is 0 Å². The molecule has 0 aliphatic heterocycles. The summed E-state index contributed by atoms with van der Waals surface area (Å²) in [4.78, 5) is 14.9. The highest BCUT2D eigenvalue weighted by Crippen LogP contribution is 2.39. The van der Waals surface area contributed by atoms with Crippen LogP contribution in [0.2, 0.25) is 0 Å². The first-order valence-corrected chi connectivity index (χ1v) is 9.53. The summed E-state index contributed by atoms with van der Waals surface area (Å²) in [6.45, 7) is 0. The maximum Gasteiger partial charge on any atom is 0.267 e. The highest BCUT2D eigenvalue weighted by Gasteiger charge is 2.39. The number of carbonyl (C=O) groups excluding carboxylic acids is 1. The van der Waals surface area contributed by atoms with Gasteiger partial charge in [-0.15, -0.1) is 0 Å². The Hall–Kier alpha value is -2.42. The lowest BCUT2D eigenvalue weighted by molar-refractivity contribution is 0.0995. The molecule has 0 bridgehead atoms. The van der Waals surface area contributed by atoms with Gasteiger partial charge in [0.1, 0.15) is 16.8 Å². The number of aromatic nitrogens is 1. The van der Waals surface area contributed by atoms with Crippen molar-refractivity contribution in [2.45, 2.75) is 18.1 Å². The van der Waals surface area contributed by atoms with Gasteiger partial charge in [-0.3, -0.25) is 9.78 Å². The Morgan fingerprint density at radius 3 is 2.35 bits per heavy atom.